The van der Waals surface area contributed by atoms with Gasteiger partial charge in [0.05, 0.1) is 24.1 Å². The maximum atomic E-state index is 14.0. The molecule has 0 radical (unpaired) electrons. The number of alkyl halides is 6. The van der Waals surface area contributed by atoms with E-state index in [4.69, 9.17) is 0 Å². The molecule has 15 heteroatoms. The molecule has 3 heterocycles. The van der Waals surface area contributed by atoms with E-state index < -0.39 is 60.9 Å². The van der Waals surface area contributed by atoms with E-state index >= 15 is 0 Å². The molecule has 0 aliphatic heterocycles. The lowest BCUT2D eigenvalue weighted by Gasteiger charge is -2.34. The lowest BCUT2D eigenvalue weighted by molar-refractivity contribution is -0.135. The Morgan fingerprint density at radius 2 is 1.74 bits per heavy atom. The number of rotatable bonds is 10. The number of hydrogen-bond donors (Lipinski definition) is 2. The molecular formula is C28H33F6N7O2. The quantitative estimate of drug-likeness (QED) is 0.287. The van der Waals surface area contributed by atoms with Crippen LogP contribution in [0.3, 0.4) is 0 Å². The predicted molar refractivity (Wildman–Crippen MR) is 142 cm³/mol. The zero-order valence-corrected chi connectivity index (χ0v) is 23.6. The third kappa shape index (κ3) is 6.96. The molecule has 2 aliphatic carbocycles. The SMILES string of the molecule is CC(C)n1nccc1C(=O)N[C@H](c1cn2ncc([C@H](NC(=O)CC3CC(F)(F)C3)C(F)F)cc2n1)C1CCC(F)(F)CC1. The Balaban J connectivity index is 1.39. The summed E-state index contributed by atoms with van der Waals surface area (Å²) < 4.78 is 85.1. The van der Waals surface area contributed by atoms with E-state index in [2.05, 4.69) is 25.8 Å². The maximum absolute atomic E-state index is 14.0. The molecule has 0 bridgehead atoms. The van der Waals surface area contributed by atoms with Crippen LogP contribution in [0.4, 0.5) is 26.3 Å². The number of hydrogen-bond acceptors (Lipinski definition) is 5. The Labute approximate surface area is 243 Å². The van der Waals surface area contributed by atoms with Crippen molar-refractivity contribution in [2.45, 2.75) is 95.2 Å². The lowest BCUT2D eigenvalue weighted by atomic mass is 9.79. The van der Waals surface area contributed by atoms with Crippen LogP contribution >= 0.6 is 0 Å². The van der Waals surface area contributed by atoms with Gasteiger partial charge in [-0.1, -0.05) is 0 Å². The van der Waals surface area contributed by atoms with Crippen molar-refractivity contribution >= 4 is 17.5 Å². The summed E-state index contributed by atoms with van der Waals surface area (Å²) in [6, 6.07) is 0.216. The van der Waals surface area contributed by atoms with E-state index in [1.165, 1.54) is 27.7 Å². The van der Waals surface area contributed by atoms with Crippen LogP contribution in [-0.4, -0.2) is 54.5 Å². The average molecular weight is 614 g/mol. The highest BCUT2D eigenvalue weighted by atomic mass is 19.3. The number of carbonyl (C=O) groups is 2. The van der Waals surface area contributed by atoms with Crippen LogP contribution in [-0.2, 0) is 4.79 Å². The highest BCUT2D eigenvalue weighted by Gasteiger charge is 2.46. The minimum Gasteiger partial charge on any atom is -0.343 e. The molecule has 234 valence electrons. The summed E-state index contributed by atoms with van der Waals surface area (Å²) in [5.74, 6) is -7.82. The normalized spacial score (nSPS) is 20.2. The monoisotopic (exact) mass is 613 g/mol. The number of fused-ring (bicyclic) bond motifs is 1. The first-order valence-electron chi connectivity index (χ1n) is 14.2. The molecule has 0 unspecified atom stereocenters. The first kappa shape index (κ1) is 30.8. The summed E-state index contributed by atoms with van der Waals surface area (Å²) in [5.41, 5.74) is 0.683. The van der Waals surface area contributed by atoms with Gasteiger partial charge in [0.2, 0.25) is 17.8 Å². The van der Waals surface area contributed by atoms with E-state index in [0.717, 1.165) is 6.20 Å². The minimum absolute atomic E-state index is 0.0503. The van der Waals surface area contributed by atoms with Crippen LogP contribution in [0.5, 0.6) is 0 Å². The molecule has 3 aromatic rings. The van der Waals surface area contributed by atoms with Crippen LogP contribution in [0.2, 0.25) is 0 Å². The molecular weight excluding hydrogens is 580 g/mol. The van der Waals surface area contributed by atoms with Crippen LogP contribution in [0.1, 0.15) is 98.7 Å². The summed E-state index contributed by atoms with van der Waals surface area (Å²) in [6.45, 7) is 3.72. The summed E-state index contributed by atoms with van der Waals surface area (Å²) in [7, 11) is 0. The lowest BCUT2D eigenvalue weighted by Crippen LogP contribution is -2.40. The first-order valence-corrected chi connectivity index (χ1v) is 14.2. The molecule has 9 nitrogen and oxygen atoms in total. The standard InChI is InChI=1S/C28H33F6N7O2/c1-15(2)41-20(5-8-35-41)26(43)39-23(17-3-6-27(31,32)7-4-17)19-14-40-21(37-19)10-18(13-36-40)24(25(29)30)38-22(42)9-16-11-28(33,34)12-16/h5,8,10,13-17,23-25H,3-4,6-7,9,11-12H2,1-2H3,(H,38,42)(H,39,43)/t23-,24-/m0/s1. The Kier molecular flexibility index (Phi) is 8.45. The Morgan fingerprint density at radius 1 is 1.05 bits per heavy atom. The second kappa shape index (κ2) is 11.8. The molecule has 2 atom stereocenters. The third-order valence-corrected chi connectivity index (χ3v) is 8.17. The average Bonchev–Trinajstić information content (AvgIpc) is 3.56. The van der Waals surface area contributed by atoms with Gasteiger partial charge in [-0.25, -0.2) is 35.8 Å². The fourth-order valence-corrected chi connectivity index (χ4v) is 5.90. The van der Waals surface area contributed by atoms with Gasteiger partial charge in [0.1, 0.15) is 11.7 Å². The number of halogens is 6. The molecule has 0 aromatic carbocycles. The number of amides is 2. The third-order valence-electron chi connectivity index (χ3n) is 8.17. The molecule has 0 spiro atoms. The molecule has 2 fully saturated rings. The van der Waals surface area contributed by atoms with Crippen molar-refractivity contribution < 1.29 is 35.9 Å². The van der Waals surface area contributed by atoms with Gasteiger partial charge in [0.15, 0.2) is 5.65 Å². The molecule has 5 rings (SSSR count). The fourth-order valence-electron chi connectivity index (χ4n) is 5.90. The first-order chi connectivity index (χ1) is 20.2. The molecule has 43 heavy (non-hydrogen) atoms. The highest BCUT2D eigenvalue weighted by Crippen LogP contribution is 2.44. The van der Waals surface area contributed by atoms with E-state index in [0.29, 0.717) is 5.69 Å². The van der Waals surface area contributed by atoms with Gasteiger partial charge in [-0.15, -0.1) is 0 Å². The van der Waals surface area contributed by atoms with Gasteiger partial charge in [-0.2, -0.15) is 10.2 Å². The predicted octanol–water partition coefficient (Wildman–Crippen LogP) is 5.66. The number of nitrogens with zero attached hydrogens (tertiary/aromatic N) is 5. The van der Waals surface area contributed by atoms with E-state index in [1.807, 2.05) is 13.8 Å². The van der Waals surface area contributed by atoms with Gasteiger partial charge >= 0.3 is 0 Å². The van der Waals surface area contributed by atoms with Gasteiger partial charge in [0.25, 0.3) is 12.3 Å². The van der Waals surface area contributed by atoms with E-state index in [9.17, 15) is 35.9 Å². The van der Waals surface area contributed by atoms with Crippen LogP contribution in [0.15, 0.2) is 30.7 Å². The summed E-state index contributed by atoms with van der Waals surface area (Å²) >= 11 is 0. The van der Waals surface area contributed by atoms with Crippen LogP contribution in [0, 0.1) is 11.8 Å². The largest absolute Gasteiger partial charge is 0.343 e. The fraction of sp³-hybridized carbons (Fsp3) is 0.607. The number of imidazole rings is 1. The van der Waals surface area contributed by atoms with Crippen molar-refractivity contribution in [3.63, 3.8) is 0 Å². The minimum atomic E-state index is -3.02. The summed E-state index contributed by atoms with van der Waals surface area (Å²) in [6.07, 6.45) is -0.545. The van der Waals surface area contributed by atoms with Gasteiger partial charge < -0.3 is 10.6 Å². The van der Waals surface area contributed by atoms with Crippen LogP contribution in [0.25, 0.3) is 5.65 Å². The van der Waals surface area contributed by atoms with Crippen molar-refractivity contribution in [3.8, 4) is 0 Å². The highest BCUT2D eigenvalue weighted by molar-refractivity contribution is 5.92. The molecule has 3 aromatic heterocycles. The Morgan fingerprint density at radius 3 is 2.37 bits per heavy atom. The summed E-state index contributed by atoms with van der Waals surface area (Å²) in [4.78, 5) is 30.2. The number of carbonyl (C=O) groups excluding carboxylic acids is 2. The maximum Gasteiger partial charge on any atom is 0.270 e. The zero-order chi connectivity index (χ0) is 31.1. The second-order valence-electron chi connectivity index (χ2n) is 11.9. The van der Waals surface area contributed by atoms with Gasteiger partial charge in [-0.3, -0.25) is 14.3 Å². The Bertz CT molecular complexity index is 1450. The molecule has 2 N–H and O–H groups in total. The van der Waals surface area contributed by atoms with E-state index in [1.54, 1.807) is 6.07 Å². The Hall–Kier alpha value is -3.65. The number of nitrogens with one attached hydrogen (secondary N) is 2. The molecule has 2 saturated carbocycles. The van der Waals surface area contributed by atoms with Crippen molar-refractivity contribution in [2.24, 2.45) is 11.8 Å². The smallest absolute Gasteiger partial charge is 0.270 e. The van der Waals surface area contributed by atoms with Crippen molar-refractivity contribution in [1.29, 1.82) is 0 Å². The topological polar surface area (TPSA) is 106 Å². The van der Waals surface area contributed by atoms with Crippen molar-refractivity contribution in [3.05, 3.63) is 47.7 Å². The van der Waals surface area contributed by atoms with Crippen molar-refractivity contribution in [1.82, 2.24) is 35.0 Å². The molecule has 0 saturated heterocycles. The van der Waals surface area contributed by atoms with Gasteiger partial charge in [0, 0.05) is 49.9 Å². The van der Waals surface area contributed by atoms with Gasteiger partial charge in [-0.05, 0) is 50.7 Å². The molecule has 2 amide bonds. The van der Waals surface area contributed by atoms with E-state index in [-0.39, 0.29) is 61.0 Å². The molecule has 2 aliphatic rings. The van der Waals surface area contributed by atoms with Crippen LogP contribution < -0.4 is 10.6 Å². The van der Waals surface area contributed by atoms with Crippen molar-refractivity contribution in [2.75, 3.05) is 0 Å². The summed E-state index contributed by atoms with van der Waals surface area (Å²) in [5, 5.41) is 13.5. The second-order valence-corrected chi connectivity index (χ2v) is 11.9. The zero-order valence-electron chi connectivity index (χ0n) is 23.6. The number of aromatic nitrogens is 5.